The van der Waals surface area contributed by atoms with Crippen LogP contribution in [0.2, 0.25) is 0 Å². The van der Waals surface area contributed by atoms with Crippen LogP contribution in [0.25, 0.3) is 0 Å². The predicted molar refractivity (Wildman–Crippen MR) is 70.3 cm³/mol. The van der Waals surface area contributed by atoms with E-state index in [2.05, 4.69) is 15.2 Å². The third-order valence-electron chi connectivity index (χ3n) is 4.10. The maximum atomic E-state index is 5.33. The molecule has 0 amide bonds. The quantitative estimate of drug-likeness (QED) is 0.458. The van der Waals surface area contributed by atoms with Crippen molar-refractivity contribution in [2.24, 2.45) is 10.4 Å². The molecule has 2 aliphatic rings. The molecule has 1 saturated heterocycles. The van der Waals surface area contributed by atoms with Gasteiger partial charge < -0.3 is 15.0 Å². The lowest BCUT2D eigenvalue weighted by Crippen LogP contribution is -2.43. The normalized spacial score (nSPS) is 22.9. The second-order valence-corrected chi connectivity index (χ2v) is 5.20. The fraction of sp³-hybridized carbons (Fsp3) is 0.923. The Morgan fingerprint density at radius 3 is 2.76 bits per heavy atom. The zero-order chi connectivity index (χ0) is 12.1. The monoisotopic (exact) mass is 239 g/mol. The van der Waals surface area contributed by atoms with Crippen molar-refractivity contribution in [2.75, 3.05) is 39.9 Å². The van der Waals surface area contributed by atoms with Gasteiger partial charge in [0.25, 0.3) is 0 Å². The first-order valence-electron chi connectivity index (χ1n) is 6.83. The number of rotatable bonds is 4. The van der Waals surface area contributed by atoms with Gasteiger partial charge in [-0.3, -0.25) is 4.99 Å². The number of nitrogens with zero attached hydrogens (tertiary/aromatic N) is 2. The van der Waals surface area contributed by atoms with Crippen molar-refractivity contribution in [3.8, 4) is 0 Å². The van der Waals surface area contributed by atoms with Gasteiger partial charge in [0.1, 0.15) is 0 Å². The molecular formula is C13H25N3O. The summed E-state index contributed by atoms with van der Waals surface area (Å²) in [6, 6.07) is 0. The second-order valence-electron chi connectivity index (χ2n) is 5.20. The Hall–Kier alpha value is -0.770. The Morgan fingerprint density at radius 1 is 1.41 bits per heavy atom. The fourth-order valence-electron chi connectivity index (χ4n) is 2.91. The van der Waals surface area contributed by atoms with Crippen LogP contribution < -0.4 is 5.32 Å². The molecule has 4 nitrogen and oxygen atoms in total. The molecular weight excluding hydrogens is 214 g/mol. The molecule has 0 atom stereocenters. The maximum absolute atomic E-state index is 5.33. The van der Waals surface area contributed by atoms with Crippen LogP contribution in [0.4, 0.5) is 0 Å². The Bertz CT molecular complexity index is 274. The molecule has 0 unspecified atom stereocenters. The fourth-order valence-corrected chi connectivity index (χ4v) is 2.91. The Kier molecular flexibility index (Phi) is 4.26. The van der Waals surface area contributed by atoms with Crippen LogP contribution in [0.3, 0.4) is 0 Å². The summed E-state index contributed by atoms with van der Waals surface area (Å²) in [4.78, 5) is 6.78. The molecule has 1 heterocycles. The molecule has 0 aromatic rings. The van der Waals surface area contributed by atoms with Crippen molar-refractivity contribution in [3.05, 3.63) is 0 Å². The molecule has 0 aromatic heterocycles. The van der Waals surface area contributed by atoms with Gasteiger partial charge in [0.15, 0.2) is 5.96 Å². The van der Waals surface area contributed by atoms with Crippen LogP contribution in [0.15, 0.2) is 4.99 Å². The van der Waals surface area contributed by atoms with Crippen LogP contribution in [-0.2, 0) is 4.74 Å². The zero-order valence-electron chi connectivity index (χ0n) is 11.2. The molecule has 98 valence electrons. The molecule has 1 spiro atoms. The molecule has 0 bridgehead atoms. The topological polar surface area (TPSA) is 36.9 Å². The highest BCUT2D eigenvalue weighted by Crippen LogP contribution is 2.47. The summed E-state index contributed by atoms with van der Waals surface area (Å²) in [5.41, 5.74) is 0.636. The van der Waals surface area contributed by atoms with Gasteiger partial charge in [-0.05, 0) is 31.6 Å². The highest BCUT2D eigenvalue weighted by molar-refractivity contribution is 5.80. The van der Waals surface area contributed by atoms with Crippen molar-refractivity contribution >= 4 is 5.96 Å². The molecule has 0 aromatic carbocycles. The molecule has 1 aliphatic heterocycles. The Labute approximate surface area is 104 Å². The molecule has 1 N–H and O–H groups in total. The lowest BCUT2D eigenvalue weighted by atomic mass is 9.68. The van der Waals surface area contributed by atoms with E-state index in [1.54, 1.807) is 0 Å². The van der Waals surface area contributed by atoms with Gasteiger partial charge in [-0.1, -0.05) is 6.42 Å². The molecule has 2 rings (SSSR count). The van der Waals surface area contributed by atoms with Crippen molar-refractivity contribution in [2.45, 2.75) is 32.6 Å². The summed E-state index contributed by atoms with van der Waals surface area (Å²) >= 11 is 0. The third kappa shape index (κ3) is 2.92. The minimum atomic E-state index is 0.636. The number of aliphatic imine (C=N–C) groups is 1. The number of guanidine groups is 1. The summed E-state index contributed by atoms with van der Waals surface area (Å²) in [6.45, 7) is 6.77. The van der Waals surface area contributed by atoms with E-state index in [1.807, 2.05) is 14.0 Å². The van der Waals surface area contributed by atoms with Gasteiger partial charge >= 0.3 is 0 Å². The van der Waals surface area contributed by atoms with Gasteiger partial charge in [-0.2, -0.15) is 0 Å². The molecule has 17 heavy (non-hydrogen) atoms. The molecule has 4 heteroatoms. The number of hydrogen-bond donors (Lipinski definition) is 1. The number of ether oxygens (including phenoxy) is 1. The van der Waals surface area contributed by atoms with E-state index in [0.717, 1.165) is 32.3 Å². The van der Waals surface area contributed by atoms with E-state index in [1.165, 1.54) is 32.2 Å². The summed E-state index contributed by atoms with van der Waals surface area (Å²) in [5.74, 6) is 1.05. The molecule has 2 fully saturated rings. The van der Waals surface area contributed by atoms with Crippen LogP contribution in [0, 0.1) is 5.41 Å². The molecule has 1 saturated carbocycles. The van der Waals surface area contributed by atoms with Gasteiger partial charge in [-0.25, -0.2) is 0 Å². The summed E-state index contributed by atoms with van der Waals surface area (Å²) in [7, 11) is 1.87. The number of hydrogen-bond acceptors (Lipinski definition) is 2. The Balaban J connectivity index is 1.75. The van der Waals surface area contributed by atoms with Crippen molar-refractivity contribution < 1.29 is 4.74 Å². The highest BCUT2D eigenvalue weighted by Gasteiger charge is 2.43. The second kappa shape index (κ2) is 5.71. The average molecular weight is 239 g/mol. The smallest absolute Gasteiger partial charge is 0.193 e. The largest absolute Gasteiger partial charge is 0.380 e. The lowest BCUT2D eigenvalue weighted by Gasteiger charge is -2.38. The molecule has 1 aliphatic carbocycles. The third-order valence-corrected chi connectivity index (χ3v) is 4.10. The predicted octanol–water partition coefficient (Wildman–Crippen LogP) is 1.47. The Morgan fingerprint density at radius 2 is 2.24 bits per heavy atom. The van der Waals surface area contributed by atoms with Crippen LogP contribution in [-0.4, -0.2) is 50.8 Å². The van der Waals surface area contributed by atoms with Crippen molar-refractivity contribution in [1.29, 1.82) is 0 Å². The number of nitrogens with one attached hydrogen (secondary N) is 1. The van der Waals surface area contributed by atoms with Crippen molar-refractivity contribution in [1.82, 2.24) is 10.2 Å². The first kappa shape index (κ1) is 12.7. The van der Waals surface area contributed by atoms with Crippen LogP contribution in [0.5, 0.6) is 0 Å². The van der Waals surface area contributed by atoms with E-state index >= 15 is 0 Å². The summed E-state index contributed by atoms with van der Waals surface area (Å²) in [6.07, 6.45) is 5.60. The molecule has 0 radical (unpaired) electrons. The van der Waals surface area contributed by atoms with E-state index in [0.29, 0.717) is 5.41 Å². The average Bonchev–Trinajstić information content (AvgIpc) is 2.74. The lowest BCUT2D eigenvalue weighted by molar-refractivity contribution is 0.147. The van der Waals surface area contributed by atoms with Crippen LogP contribution in [0.1, 0.15) is 32.6 Å². The first-order chi connectivity index (χ1) is 8.29. The number of likely N-dealkylation sites (tertiary alicyclic amines) is 1. The zero-order valence-corrected chi connectivity index (χ0v) is 11.2. The van der Waals surface area contributed by atoms with E-state index in [9.17, 15) is 0 Å². The van der Waals surface area contributed by atoms with E-state index in [-0.39, 0.29) is 0 Å². The maximum Gasteiger partial charge on any atom is 0.193 e. The summed E-state index contributed by atoms with van der Waals surface area (Å²) in [5, 5.41) is 3.38. The first-order valence-corrected chi connectivity index (χ1v) is 6.83. The minimum Gasteiger partial charge on any atom is -0.380 e. The minimum absolute atomic E-state index is 0.636. The van der Waals surface area contributed by atoms with Gasteiger partial charge in [0, 0.05) is 33.3 Å². The highest BCUT2D eigenvalue weighted by atomic mass is 16.5. The van der Waals surface area contributed by atoms with Gasteiger partial charge in [-0.15, -0.1) is 0 Å². The summed E-state index contributed by atoms with van der Waals surface area (Å²) < 4.78 is 5.33. The van der Waals surface area contributed by atoms with Crippen molar-refractivity contribution in [3.63, 3.8) is 0 Å². The van der Waals surface area contributed by atoms with E-state index in [4.69, 9.17) is 4.74 Å². The van der Waals surface area contributed by atoms with Crippen LogP contribution >= 0.6 is 0 Å². The SMILES string of the molecule is CCOCCNC(=NC)N1CCC2(CCC2)C1. The van der Waals surface area contributed by atoms with Gasteiger partial charge in [0.2, 0.25) is 0 Å². The standard InChI is InChI=1S/C13H25N3O/c1-3-17-10-8-15-12(14-2)16-9-7-13(11-16)5-4-6-13/h3-11H2,1-2H3,(H,14,15). The van der Waals surface area contributed by atoms with Gasteiger partial charge in [0.05, 0.1) is 6.61 Å². The van der Waals surface area contributed by atoms with E-state index < -0.39 is 0 Å².